The van der Waals surface area contributed by atoms with Crippen LogP contribution < -0.4 is 5.32 Å². The third-order valence-electron chi connectivity index (χ3n) is 4.23. The zero-order valence-corrected chi connectivity index (χ0v) is 15.0. The number of carbonyl (C=O) groups excluding carboxylic acids is 4. The first-order chi connectivity index (χ1) is 12.4. The quantitative estimate of drug-likeness (QED) is 0.786. The number of amides is 3. The highest BCUT2D eigenvalue weighted by molar-refractivity contribution is 5.94. The van der Waals surface area contributed by atoms with Gasteiger partial charge in [-0.05, 0) is 24.3 Å². The number of anilines is 1. The van der Waals surface area contributed by atoms with Crippen molar-refractivity contribution in [2.45, 2.75) is 19.8 Å². The molecule has 8 nitrogen and oxygen atoms in total. The molecule has 1 saturated heterocycles. The van der Waals surface area contributed by atoms with Gasteiger partial charge in [0.15, 0.2) is 0 Å². The van der Waals surface area contributed by atoms with Crippen molar-refractivity contribution in [3.8, 4) is 0 Å². The molecule has 3 amide bonds. The Labute approximate surface area is 152 Å². The lowest BCUT2D eigenvalue weighted by Crippen LogP contribution is -2.50. The molecule has 1 aromatic rings. The highest BCUT2D eigenvalue weighted by Crippen LogP contribution is 2.12. The molecule has 26 heavy (non-hydrogen) atoms. The first kappa shape index (κ1) is 19.4. The van der Waals surface area contributed by atoms with Gasteiger partial charge in [-0.3, -0.25) is 14.4 Å². The van der Waals surface area contributed by atoms with Gasteiger partial charge in [-0.15, -0.1) is 0 Å². The Hall–Kier alpha value is -2.90. The van der Waals surface area contributed by atoms with Crippen LogP contribution in [0.2, 0.25) is 0 Å². The van der Waals surface area contributed by atoms with Crippen LogP contribution in [0.5, 0.6) is 0 Å². The molecule has 1 N–H and O–H groups in total. The van der Waals surface area contributed by atoms with Gasteiger partial charge in [0.1, 0.15) is 0 Å². The fourth-order valence-electron chi connectivity index (χ4n) is 2.68. The van der Waals surface area contributed by atoms with Crippen molar-refractivity contribution < 1.29 is 23.9 Å². The summed E-state index contributed by atoms with van der Waals surface area (Å²) in [6.07, 6.45) is 0.191. The van der Waals surface area contributed by atoms with Crippen LogP contribution in [0.25, 0.3) is 0 Å². The van der Waals surface area contributed by atoms with Gasteiger partial charge in [0, 0.05) is 51.6 Å². The maximum absolute atomic E-state index is 12.2. The lowest BCUT2D eigenvalue weighted by Gasteiger charge is -2.34. The minimum Gasteiger partial charge on any atom is -0.465 e. The predicted octanol–water partition coefficient (Wildman–Crippen LogP) is 0.883. The normalized spacial score (nSPS) is 13.9. The Morgan fingerprint density at radius 3 is 2.08 bits per heavy atom. The largest absolute Gasteiger partial charge is 0.465 e. The summed E-state index contributed by atoms with van der Waals surface area (Å²) in [4.78, 5) is 50.2. The number of rotatable bonds is 5. The predicted molar refractivity (Wildman–Crippen MR) is 94.5 cm³/mol. The molecule has 0 radical (unpaired) electrons. The summed E-state index contributed by atoms with van der Waals surface area (Å²) in [6.45, 7) is 3.56. The second-order valence-corrected chi connectivity index (χ2v) is 6.00. The van der Waals surface area contributed by atoms with Gasteiger partial charge >= 0.3 is 5.97 Å². The summed E-state index contributed by atoms with van der Waals surface area (Å²) < 4.78 is 4.61. The fraction of sp³-hybridized carbons (Fsp3) is 0.444. The van der Waals surface area contributed by atoms with Crippen LogP contribution in [0.3, 0.4) is 0 Å². The summed E-state index contributed by atoms with van der Waals surface area (Å²) >= 11 is 0. The van der Waals surface area contributed by atoms with E-state index in [4.69, 9.17) is 0 Å². The molecule has 0 atom stereocenters. The van der Waals surface area contributed by atoms with E-state index in [1.807, 2.05) is 0 Å². The SMILES string of the molecule is COC(=O)c1ccc(NC(=O)CCC(=O)N2CCN(C(C)=O)CC2)cc1. The van der Waals surface area contributed by atoms with Crippen LogP contribution in [0.4, 0.5) is 5.69 Å². The minimum atomic E-state index is -0.446. The molecule has 0 aliphatic carbocycles. The van der Waals surface area contributed by atoms with E-state index < -0.39 is 5.97 Å². The van der Waals surface area contributed by atoms with Gasteiger partial charge in [0.2, 0.25) is 17.7 Å². The fourth-order valence-corrected chi connectivity index (χ4v) is 2.68. The molecule has 2 rings (SSSR count). The molecule has 1 fully saturated rings. The molecule has 0 spiro atoms. The molecular formula is C18H23N3O5. The smallest absolute Gasteiger partial charge is 0.337 e. The summed E-state index contributed by atoms with van der Waals surface area (Å²) in [6, 6.07) is 6.32. The average Bonchev–Trinajstić information content (AvgIpc) is 2.66. The van der Waals surface area contributed by atoms with E-state index in [2.05, 4.69) is 10.1 Å². The lowest BCUT2D eigenvalue weighted by molar-refractivity contribution is -0.138. The first-order valence-electron chi connectivity index (χ1n) is 8.42. The number of nitrogens with one attached hydrogen (secondary N) is 1. The topological polar surface area (TPSA) is 96.0 Å². The van der Waals surface area contributed by atoms with Crippen molar-refractivity contribution in [3.63, 3.8) is 0 Å². The van der Waals surface area contributed by atoms with E-state index in [-0.39, 0.29) is 30.6 Å². The summed E-state index contributed by atoms with van der Waals surface area (Å²) in [5, 5.41) is 2.69. The number of hydrogen-bond donors (Lipinski definition) is 1. The van der Waals surface area contributed by atoms with Crippen molar-refractivity contribution in [1.29, 1.82) is 0 Å². The summed E-state index contributed by atoms with van der Waals surface area (Å²) in [5.41, 5.74) is 0.940. The Morgan fingerprint density at radius 2 is 1.54 bits per heavy atom. The highest BCUT2D eigenvalue weighted by atomic mass is 16.5. The summed E-state index contributed by atoms with van der Waals surface area (Å²) in [5.74, 6) is -0.802. The molecule has 140 valence electrons. The molecule has 1 heterocycles. The maximum Gasteiger partial charge on any atom is 0.337 e. The van der Waals surface area contributed by atoms with E-state index >= 15 is 0 Å². The van der Waals surface area contributed by atoms with Gasteiger partial charge in [0.05, 0.1) is 12.7 Å². The van der Waals surface area contributed by atoms with Crippen LogP contribution in [-0.4, -0.2) is 66.8 Å². The van der Waals surface area contributed by atoms with Gasteiger partial charge in [-0.2, -0.15) is 0 Å². The van der Waals surface area contributed by atoms with Crippen LogP contribution in [0, 0.1) is 0 Å². The van der Waals surface area contributed by atoms with Crippen molar-refractivity contribution in [2.24, 2.45) is 0 Å². The van der Waals surface area contributed by atoms with Crippen LogP contribution in [-0.2, 0) is 19.1 Å². The maximum atomic E-state index is 12.2. The van der Waals surface area contributed by atoms with Gasteiger partial charge in [-0.1, -0.05) is 0 Å². The third kappa shape index (κ3) is 5.30. The molecular weight excluding hydrogens is 338 g/mol. The highest BCUT2D eigenvalue weighted by Gasteiger charge is 2.22. The number of piperazine rings is 1. The number of methoxy groups -OCH3 is 1. The van der Waals surface area contributed by atoms with Crippen molar-refractivity contribution in [3.05, 3.63) is 29.8 Å². The van der Waals surface area contributed by atoms with E-state index in [1.165, 1.54) is 14.0 Å². The zero-order chi connectivity index (χ0) is 19.1. The Morgan fingerprint density at radius 1 is 0.962 bits per heavy atom. The summed E-state index contributed by atoms with van der Waals surface area (Å²) in [7, 11) is 1.30. The zero-order valence-electron chi connectivity index (χ0n) is 15.0. The van der Waals surface area contributed by atoms with Gasteiger partial charge in [0.25, 0.3) is 0 Å². The van der Waals surface area contributed by atoms with Crippen molar-refractivity contribution >= 4 is 29.4 Å². The average molecular weight is 361 g/mol. The lowest BCUT2D eigenvalue weighted by atomic mass is 10.2. The van der Waals surface area contributed by atoms with Gasteiger partial charge < -0.3 is 19.9 Å². The van der Waals surface area contributed by atoms with Crippen molar-refractivity contribution in [2.75, 3.05) is 38.6 Å². The molecule has 1 aromatic carbocycles. The van der Waals surface area contributed by atoms with E-state index in [0.717, 1.165) is 0 Å². The second-order valence-electron chi connectivity index (χ2n) is 6.00. The standard InChI is InChI=1S/C18H23N3O5/c1-13(22)20-9-11-21(12-10-20)17(24)8-7-16(23)19-15-5-3-14(4-6-15)18(25)26-2/h3-6H,7-12H2,1-2H3,(H,19,23). The van der Waals surface area contributed by atoms with Crippen molar-refractivity contribution in [1.82, 2.24) is 9.80 Å². The minimum absolute atomic E-state index is 0.00898. The molecule has 0 aromatic heterocycles. The molecule has 0 bridgehead atoms. The van der Waals surface area contributed by atoms with Crippen LogP contribution in [0.15, 0.2) is 24.3 Å². The first-order valence-corrected chi connectivity index (χ1v) is 8.42. The number of esters is 1. The second kappa shape index (κ2) is 8.98. The van der Waals surface area contributed by atoms with E-state index in [0.29, 0.717) is 37.4 Å². The number of nitrogens with zero attached hydrogens (tertiary/aromatic N) is 2. The monoisotopic (exact) mass is 361 g/mol. The third-order valence-corrected chi connectivity index (χ3v) is 4.23. The molecule has 0 saturated carbocycles. The number of ether oxygens (including phenoxy) is 1. The molecule has 0 unspecified atom stereocenters. The molecule has 1 aliphatic heterocycles. The number of benzene rings is 1. The molecule has 1 aliphatic rings. The van der Waals surface area contributed by atoms with E-state index in [1.54, 1.807) is 34.1 Å². The number of carbonyl (C=O) groups is 4. The Bertz CT molecular complexity index is 679. The Kier molecular flexibility index (Phi) is 6.71. The Balaban J connectivity index is 1.75. The van der Waals surface area contributed by atoms with Crippen LogP contribution >= 0.6 is 0 Å². The number of hydrogen-bond acceptors (Lipinski definition) is 5. The van der Waals surface area contributed by atoms with E-state index in [9.17, 15) is 19.2 Å². The van der Waals surface area contributed by atoms with Crippen LogP contribution in [0.1, 0.15) is 30.1 Å². The molecule has 8 heteroatoms. The van der Waals surface area contributed by atoms with Gasteiger partial charge in [-0.25, -0.2) is 4.79 Å².